The number of rotatable bonds is 2. The number of H-pyrrole nitrogens is 1. The number of nitrogens with one attached hydrogen (secondary N) is 1. The first-order chi connectivity index (χ1) is 9.24. The summed E-state index contributed by atoms with van der Waals surface area (Å²) in [4.78, 5) is 3.04. The van der Waals surface area contributed by atoms with Crippen molar-refractivity contribution in [3.8, 4) is 22.3 Å². The molecule has 0 fully saturated rings. The molecule has 1 aromatic heterocycles. The van der Waals surface area contributed by atoms with Gasteiger partial charge in [0.25, 0.3) is 0 Å². The fraction of sp³-hybridized carbons (Fsp3) is 0. The van der Waals surface area contributed by atoms with Gasteiger partial charge < -0.3 is 4.98 Å². The minimum absolute atomic E-state index is 0.261. The Labute approximate surface area is 109 Å². The van der Waals surface area contributed by atoms with Gasteiger partial charge in [-0.2, -0.15) is 0 Å². The van der Waals surface area contributed by atoms with Crippen molar-refractivity contribution in [1.82, 2.24) is 4.98 Å². The number of aromatic amines is 1. The van der Waals surface area contributed by atoms with E-state index in [-0.39, 0.29) is 11.6 Å². The van der Waals surface area contributed by atoms with Crippen LogP contribution in [0.2, 0.25) is 0 Å². The van der Waals surface area contributed by atoms with E-state index in [1.54, 1.807) is 24.3 Å². The van der Waals surface area contributed by atoms with Crippen molar-refractivity contribution in [3.63, 3.8) is 0 Å². The summed E-state index contributed by atoms with van der Waals surface area (Å²) in [5.74, 6) is -0.523. The molecule has 1 N–H and O–H groups in total. The van der Waals surface area contributed by atoms with E-state index in [4.69, 9.17) is 0 Å². The Morgan fingerprint density at radius 3 is 1.32 bits per heavy atom. The van der Waals surface area contributed by atoms with E-state index in [0.29, 0.717) is 0 Å². The van der Waals surface area contributed by atoms with Crippen LogP contribution in [0.25, 0.3) is 22.3 Å². The number of hydrogen-bond donors (Lipinski definition) is 1. The first kappa shape index (κ1) is 11.7. The van der Waals surface area contributed by atoms with Gasteiger partial charge in [0.2, 0.25) is 0 Å². The monoisotopic (exact) mass is 255 g/mol. The zero-order valence-corrected chi connectivity index (χ0v) is 10.0. The van der Waals surface area contributed by atoms with E-state index < -0.39 is 0 Å². The van der Waals surface area contributed by atoms with E-state index >= 15 is 0 Å². The van der Waals surface area contributed by atoms with Crippen LogP contribution in [0.4, 0.5) is 8.78 Å². The Morgan fingerprint density at radius 2 is 0.947 bits per heavy atom. The second kappa shape index (κ2) is 4.69. The van der Waals surface area contributed by atoms with Gasteiger partial charge in [-0.1, -0.05) is 24.3 Å². The second-order valence-corrected chi connectivity index (χ2v) is 4.30. The first-order valence-electron chi connectivity index (χ1n) is 5.93. The molecular formula is C16H11F2N. The average molecular weight is 255 g/mol. The molecule has 2 aromatic carbocycles. The fourth-order valence-electron chi connectivity index (χ4n) is 2.10. The van der Waals surface area contributed by atoms with Crippen LogP contribution in [0, 0.1) is 11.6 Å². The maximum Gasteiger partial charge on any atom is 0.123 e. The summed E-state index contributed by atoms with van der Waals surface area (Å²) in [5, 5.41) is 0. The van der Waals surface area contributed by atoms with Crippen molar-refractivity contribution in [2.45, 2.75) is 0 Å². The van der Waals surface area contributed by atoms with Gasteiger partial charge in [0.05, 0.1) is 0 Å². The molecule has 94 valence electrons. The highest BCUT2D eigenvalue weighted by atomic mass is 19.1. The molecule has 0 radical (unpaired) electrons. The lowest BCUT2D eigenvalue weighted by Crippen LogP contribution is -1.82. The van der Waals surface area contributed by atoms with Crippen LogP contribution in [0.5, 0.6) is 0 Å². The standard InChI is InChI=1S/C16H11F2N/c17-13-5-1-11(2-6-13)15-9-19-10-16(15)12-3-7-14(18)8-4-12/h1-10,19H. The maximum atomic E-state index is 12.9. The Hall–Kier alpha value is -2.42. The van der Waals surface area contributed by atoms with Gasteiger partial charge in [-0.05, 0) is 35.4 Å². The second-order valence-electron chi connectivity index (χ2n) is 4.30. The molecule has 3 rings (SSSR count). The highest BCUT2D eigenvalue weighted by molar-refractivity contribution is 5.82. The van der Waals surface area contributed by atoms with E-state index in [0.717, 1.165) is 22.3 Å². The lowest BCUT2D eigenvalue weighted by molar-refractivity contribution is 0.627. The summed E-state index contributed by atoms with van der Waals surface area (Å²) in [6.45, 7) is 0. The lowest BCUT2D eigenvalue weighted by Gasteiger charge is -2.04. The van der Waals surface area contributed by atoms with Crippen LogP contribution in [0.3, 0.4) is 0 Å². The molecule has 0 bridgehead atoms. The zero-order chi connectivity index (χ0) is 13.2. The van der Waals surface area contributed by atoms with Gasteiger partial charge in [0.15, 0.2) is 0 Å². The fourth-order valence-corrected chi connectivity index (χ4v) is 2.10. The highest BCUT2D eigenvalue weighted by Gasteiger charge is 2.08. The van der Waals surface area contributed by atoms with Gasteiger partial charge in [-0.15, -0.1) is 0 Å². The molecule has 0 spiro atoms. The molecule has 3 heteroatoms. The van der Waals surface area contributed by atoms with E-state index in [9.17, 15) is 8.78 Å². The summed E-state index contributed by atoms with van der Waals surface area (Å²) in [6, 6.07) is 12.6. The van der Waals surface area contributed by atoms with E-state index in [1.165, 1.54) is 24.3 Å². The van der Waals surface area contributed by atoms with Gasteiger partial charge >= 0.3 is 0 Å². The van der Waals surface area contributed by atoms with Crippen molar-refractivity contribution in [2.24, 2.45) is 0 Å². The van der Waals surface area contributed by atoms with Crippen molar-refractivity contribution in [3.05, 3.63) is 72.6 Å². The minimum atomic E-state index is -0.261. The van der Waals surface area contributed by atoms with Crippen molar-refractivity contribution < 1.29 is 8.78 Å². The molecule has 3 aromatic rings. The summed E-state index contributed by atoms with van der Waals surface area (Å²) in [6.07, 6.45) is 3.71. The van der Waals surface area contributed by atoms with Gasteiger partial charge in [-0.25, -0.2) is 8.78 Å². The molecular weight excluding hydrogens is 244 g/mol. The van der Waals surface area contributed by atoms with Gasteiger partial charge in [0.1, 0.15) is 11.6 Å². The molecule has 0 saturated carbocycles. The van der Waals surface area contributed by atoms with Crippen LogP contribution in [-0.4, -0.2) is 4.98 Å². The van der Waals surface area contributed by atoms with Crippen LogP contribution in [0.15, 0.2) is 60.9 Å². The first-order valence-corrected chi connectivity index (χ1v) is 5.93. The topological polar surface area (TPSA) is 15.8 Å². The molecule has 0 aliphatic carbocycles. The Balaban J connectivity index is 2.07. The quantitative estimate of drug-likeness (QED) is 0.687. The number of aromatic nitrogens is 1. The summed E-state index contributed by atoms with van der Waals surface area (Å²) in [7, 11) is 0. The Morgan fingerprint density at radius 1 is 0.579 bits per heavy atom. The summed E-state index contributed by atoms with van der Waals surface area (Å²) >= 11 is 0. The van der Waals surface area contributed by atoms with Crippen molar-refractivity contribution >= 4 is 0 Å². The number of halogens is 2. The van der Waals surface area contributed by atoms with Crippen molar-refractivity contribution in [1.29, 1.82) is 0 Å². The SMILES string of the molecule is Fc1ccc(-c2c[nH]cc2-c2ccc(F)cc2)cc1. The normalized spacial score (nSPS) is 10.6. The summed E-state index contributed by atoms with van der Waals surface area (Å²) < 4.78 is 25.9. The molecule has 19 heavy (non-hydrogen) atoms. The number of hydrogen-bond acceptors (Lipinski definition) is 0. The largest absolute Gasteiger partial charge is 0.366 e. The molecule has 1 heterocycles. The number of benzene rings is 2. The third kappa shape index (κ3) is 2.27. The molecule has 0 amide bonds. The van der Waals surface area contributed by atoms with Gasteiger partial charge in [0, 0.05) is 23.5 Å². The van der Waals surface area contributed by atoms with Crippen LogP contribution >= 0.6 is 0 Å². The molecule has 0 unspecified atom stereocenters. The minimum Gasteiger partial charge on any atom is -0.366 e. The van der Waals surface area contributed by atoms with Crippen molar-refractivity contribution in [2.75, 3.05) is 0 Å². The molecule has 0 saturated heterocycles. The predicted octanol–water partition coefficient (Wildman–Crippen LogP) is 4.63. The Bertz CT molecular complexity index is 622. The van der Waals surface area contributed by atoms with Crippen LogP contribution in [0.1, 0.15) is 0 Å². The molecule has 0 aliphatic rings. The predicted molar refractivity (Wildman–Crippen MR) is 71.6 cm³/mol. The zero-order valence-electron chi connectivity index (χ0n) is 10.0. The maximum absolute atomic E-state index is 12.9. The summed E-state index contributed by atoms with van der Waals surface area (Å²) in [5.41, 5.74) is 3.77. The highest BCUT2D eigenvalue weighted by Crippen LogP contribution is 2.31. The van der Waals surface area contributed by atoms with E-state index in [1.807, 2.05) is 12.4 Å². The molecule has 0 atom stereocenters. The van der Waals surface area contributed by atoms with Crippen LogP contribution < -0.4 is 0 Å². The lowest BCUT2D eigenvalue weighted by atomic mass is 9.99. The molecule has 0 aliphatic heterocycles. The van der Waals surface area contributed by atoms with Crippen LogP contribution in [-0.2, 0) is 0 Å². The van der Waals surface area contributed by atoms with E-state index in [2.05, 4.69) is 4.98 Å². The third-order valence-corrected chi connectivity index (χ3v) is 3.06. The third-order valence-electron chi connectivity index (χ3n) is 3.06. The Kier molecular flexibility index (Phi) is 2.88. The molecule has 1 nitrogen and oxygen atoms in total. The average Bonchev–Trinajstić information content (AvgIpc) is 2.90. The smallest absolute Gasteiger partial charge is 0.123 e. The van der Waals surface area contributed by atoms with Gasteiger partial charge in [-0.3, -0.25) is 0 Å².